The molecular formula is C13H16Cl2N2. The van der Waals surface area contributed by atoms with Crippen molar-refractivity contribution in [2.75, 3.05) is 6.54 Å². The van der Waals surface area contributed by atoms with Crippen molar-refractivity contribution in [1.29, 1.82) is 5.26 Å². The molecule has 17 heavy (non-hydrogen) atoms. The Kier molecular flexibility index (Phi) is 5.77. The van der Waals surface area contributed by atoms with E-state index < -0.39 is 0 Å². The highest BCUT2D eigenvalue weighted by molar-refractivity contribution is 6.35. The van der Waals surface area contributed by atoms with Gasteiger partial charge in [-0.15, -0.1) is 0 Å². The maximum absolute atomic E-state index is 8.64. The van der Waals surface area contributed by atoms with E-state index in [1.54, 1.807) is 0 Å². The Bertz CT molecular complexity index is 390. The Morgan fingerprint density at radius 3 is 2.35 bits per heavy atom. The van der Waals surface area contributed by atoms with Gasteiger partial charge in [-0.2, -0.15) is 5.26 Å². The van der Waals surface area contributed by atoms with Gasteiger partial charge in [0.1, 0.15) is 0 Å². The highest BCUT2D eigenvalue weighted by Gasteiger charge is 2.13. The number of nitriles is 1. The number of hydrogen-bond donors (Lipinski definition) is 0. The van der Waals surface area contributed by atoms with Crippen LogP contribution < -0.4 is 0 Å². The smallest absolute Gasteiger partial charge is 0.0635 e. The van der Waals surface area contributed by atoms with E-state index in [4.69, 9.17) is 28.5 Å². The lowest BCUT2D eigenvalue weighted by Crippen LogP contribution is -2.31. The molecule has 0 spiro atoms. The Balaban J connectivity index is 2.83. The summed E-state index contributed by atoms with van der Waals surface area (Å²) in [7, 11) is 0. The third-order valence-electron chi connectivity index (χ3n) is 2.66. The first-order valence-electron chi connectivity index (χ1n) is 5.60. The lowest BCUT2D eigenvalue weighted by atomic mass is 10.1. The molecule has 0 bridgehead atoms. The molecule has 0 aliphatic carbocycles. The molecule has 0 amide bonds. The standard InChI is InChI=1S/C13H16Cl2N2/c1-10(2)17(8-4-7-16)9-11-12(14)5-3-6-13(11)15/h3,5-6,10H,4,8-9H2,1-2H3. The van der Waals surface area contributed by atoms with Crippen molar-refractivity contribution in [3.05, 3.63) is 33.8 Å². The largest absolute Gasteiger partial charge is 0.296 e. The number of rotatable bonds is 5. The molecule has 0 unspecified atom stereocenters. The number of benzene rings is 1. The van der Waals surface area contributed by atoms with Crippen LogP contribution >= 0.6 is 23.2 Å². The summed E-state index contributed by atoms with van der Waals surface area (Å²) < 4.78 is 0. The van der Waals surface area contributed by atoms with Gasteiger partial charge in [0, 0.05) is 41.2 Å². The monoisotopic (exact) mass is 270 g/mol. The van der Waals surface area contributed by atoms with E-state index in [-0.39, 0.29) is 0 Å². The van der Waals surface area contributed by atoms with Crippen LogP contribution in [-0.4, -0.2) is 17.5 Å². The molecule has 0 aliphatic rings. The summed E-state index contributed by atoms with van der Waals surface area (Å²) in [6, 6.07) is 8.03. The molecule has 0 radical (unpaired) electrons. The average molecular weight is 271 g/mol. The highest BCUT2D eigenvalue weighted by Crippen LogP contribution is 2.26. The van der Waals surface area contributed by atoms with Gasteiger partial charge in [-0.25, -0.2) is 0 Å². The van der Waals surface area contributed by atoms with Gasteiger partial charge in [0.2, 0.25) is 0 Å². The van der Waals surface area contributed by atoms with Crippen molar-refractivity contribution in [2.24, 2.45) is 0 Å². The molecule has 4 heteroatoms. The summed E-state index contributed by atoms with van der Waals surface area (Å²) in [5.74, 6) is 0. The van der Waals surface area contributed by atoms with E-state index in [1.165, 1.54) is 0 Å². The predicted octanol–water partition coefficient (Wildman–Crippen LogP) is 4.12. The van der Waals surface area contributed by atoms with Crippen LogP contribution in [0.3, 0.4) is 0 Å². The molecule has 0 heterocycles. The summed E-state index contributed by atoms with van der Waals surface area (Å²) in [4.78, 5) is 2.19. The number of halogens is 2. The van der Waals surface area contributed by atoms with Crippen molar-refractivity contribution >= 4 is 23.2 Å². The van der Waals surface area contributed by atoms with E-state index >= 15 is 0 Å². The van der Waals surface area contributed by atoms with Gasteiger partial charge < -0.3 is 0 Å². The van der Waals surface area contributed by atoms with Crippen LogP contribution in [0.25, 0.3) is 0 Å². The summed E-state index contributed by atoms with van der Waals surface area (Å²) in [5.41, 5.74) is 0.933. The quantitative estimate of drug-likeness (QED) is 0.805. The zero-order valence-electron chi connectivity index (χ0n) is 10.1. The molecule has 0 aromatic heterocycles. The van der Waals surface area contributed by atoms with Gasteiger partial charge >= 0.3 is 0 Å². The molecule has 0 aliphatic heterocycles. The average Bonchev–Trinajstić information content (AvgIpc) is 2.27. The second-order valence-corrected chi connectivity index (χ2v) is 4.99. The molecular weight excluding hydrogens is 255 g/mol. The van der Waals surface area contributed by atoms with Crippen LogP contribution in [0.2, 0.25) is 10.0 Å². The van der Waals surface area contributed by atoms with E-state index in [1.807, 2.05) is 18.2 Å². The lowest BCUT2D eigenvalue weighted by molar-refractivity contribution is 0.218. The zero-order chi connectivity index (χ0) is 12.8. The minimum atomic E-state index is 0.357. The SMILES string of the molecule is CC(C)N(CCC#N)Cc1c(Cl)cccc1Cl. The third-order valence-corrected chi connectivity index (χ3v) is 3.37. The van der Waals surface area contributed by atoms with E-state index in [2.05, 4.69) is 24.8 Å². The Morgan fingerprint density at radius 2 is 1.88 bits per heavy atom. The third kappa shape index (κ3) is 4.20. The van der Waals surface area contributed by atoms with Crippen LogP contribution in [-0.2, 0) is 6.54 Å². The molecule has 0 saturated heterocycles. The molecule has 0 atom stereocenters. The second-order valence-electron chi connectivity index (χ2n) is 4.17. The number of nitrogens with zero attached hydrogens (tertiary/aromatic N) is 2. The van der Waals surface area contributed by atoms with Gasteiger partial charge in [-0.3, -0.25) is 4.90 Å². The van der Waals surface area contributed by atoms with Crippen molar-refractivity contribution in [1.82, 2.24) is 4.90 Å². The fourth-order valence-electron chi connectivity index (χ4n) is 1.60. The summed E-state index contributed by atoms with van der Waals surface area (Å²) in [6.07, 6.45) is 0.514. The minimum absolute atomic E-state index is 0.357. The fourth-order valence-corrected chi connectivity index (χ4v) is 2.12. The lowest BCUT2D eigenvalue weighted by Gasteiger charge is -2.26. The Labute approximate surface area is 113 Å². The second kappa shape index (κ2) is 6.86. The summed E-state index contributed by atoms with van der Waals surface area (Å²) in [6.45, 7) is 5.61. The zero-order valence-corrected chi connectivity index (χ0v) is 11.6. The van der Waals surface area contributed by atoms with E-state index in [0.29, 0.717) is 29.1 Å². The molecule has 1 rings (SSSR count). The van der Waals surface area contributed by atoms with Gasteiger partial charge in [-0.05, 0) is 26.0 Å². The van der Waals surface area contributed by atoms with Crippen molar-refractivity contribution in [3.8, 4) is 6.07 Å². The van der Waals surface area contributed by atoms with Gasteiger partial charge in [0.25, 0.3) is 0 Å². The normalized spacial score (nSPS) is 10.9. The molecule has 1 aromatic rings. The highest BCUT2D eigenvalue weighted by atomic mass is 35.5. The number of hydrogen-bond acceptors (Lipinski definition) is 2. The van der Waals surface area contributed by atoms with Crippen LogP contribution in [0, 0.1) is 11.3 Å². The fraction of sp³-hybridized carbons (Fsp3) is 0.462. The van der Waals surface area contributed by atoms with Crippen LogP contribution in [0.4, 0.5) is 0 Å². The van der Waals surface area contributed by atoms with E-state index in [0.717, 1.165) is 12.1 Å². The first-order valence-corrected chi connectivity index (χ1v) is 6.35. The topological polar surface area (TPSA) is 27.0 Å². The predicted molar refractivity (Wildman–Crippen MR) is 72.2 cm³/mol. The molecule has 0 N–H and O–H groups in total. The Hall–Kier alpha value is -0.750. The first kappa shape index (κ1) is 14.3. The van der Waals surface area contributed by atoms with E-state index in [9.17, 15) is 0 Å². The van der Waals surface area contributed by atoms with Crippen molar-refractivity contribution in [3.63, 3.8) is 0 Å². The summed E-state index contributed by atoms with van der Waals surface area (Å²) >= 11 is 12.3. The van der Waals surface area contributed by atoms with Crippen LogP contribution in [0.15, 0.2) is 18.2 Å². The minimum Gasteiger partial charge on any atom is -0.296 e. The van der Waals surface area contributed by atoms with Gasteiger partial charge in [0.15, 0.2) is 0 Å². The molecule has 1 aromatic carbocycles. The maximum Gasteiger partial charge on any atom is 0.0635 e. The molecule has 2 nitrogen and oxygen atoms in total. The first-order chi connectivity index (χ1) is 8.06. The molecule has 92 valence electrons. The van der Waals surface area contributed by atoms with Gasteiger partial charge in [-0.1, -0.05) is 29.3 Å². The Morgan fingerprint density at radius 1 is 1.29 bits per heavy atom. The molecule has 0 saturated carbocycles. The van der Waals surface area contributed by atoms with Crippen molar-refractivity contribution < 1.29 is 0 Å². The molecule has 0 fully saturated rings. The maximum atomic E-state index is 8.64. The van der Waals surface area contributed by atoms with Crippen LogP contribution in [0.1, 0.15) is 25.8 Å². The summed E-state index contributed by atoms with van der Waals surface area (Å²) in [5, 5.41) is 10.0. The van der Waals surface area contributed by atoms with Crippen LogP contribution in [0.5, 0.6) is 0 Å². The van der Waals surface area contributed by atoms with Gasteiger partial charge in [0.05, 0.1) is 6.07 Å². The van der Waals surface area contributed by atoms with Crippen molar-refractivity contribution in [2.45, 2.75) is 32.9 Å².